The summed E-state index contributed by atoms with van der Waals surface area (Å²) in [5, 5.41) is 20.5. The van der Waals surface area contributed by atoms with Crippen molar-refractivity contribution in [3.8, 4) is 12.1 Å². The minimum absolute atomic E-state index is 0.181. The number of nitrogens with two attached hydrogens (primary N) is 1. The van der Waals surface area contributed by atoms with Gasteiger partial charge in [-0.1, -0.05) is 30.3 Å². The van der Waals surface area contributed by atoms with E-state index in [9.17, 15) is 10.5 Å². The topological polar surface area (TPSA) is 104 Å². The number of ether oxygens (including phenoxy) is 2. The summed E-state index contributed by atoms with van der Waals surface area (Å²) in [4.78, 5) is 4.42. The number of nitrogens with zero attached hydrogens (tertiary/aromatic N) is 3. The SMILES string of the molecule is C[C@@H]1CO[C@@]2(N=C(N)[C@@]3(C#N)C4(CCC(c5ccccc5)CC4)[C@@]23C#N)O1. The van der Waals surface area contributed by atoms with E-state index >= 15 is 0 Å². The molecule has 5 rings (SSSR count). The van der Waals surface area contributed by atoms with Crippen molar-refractivity contribution < 1.29 is 9.47 Å². The van der Waals surface area contributed by atoms with Crippen LogP contribution in [0.15, 0.2) is 35.3 Å². The van der Waals surface area contributed by atoms with Crippen LogP contribution < -0.4 is 5.73 Å². The van der Waals surface area contributed by atoms with Gasteiger partial charge in [0.15, 0.2) is 5.41 Å². The first-order valence-electron chi connectivity index (χ1n) is 9.57. The average molecular weight is 362 g/mol. The lowest BCUT2D eigenvalue weighted by molar-refractivity contribution is -0.202. The van der Waals surface area contributed by atoms with Gasteiger partial charge < -0.3 is 15.2 Å². The molecule has 2 aliphatic heterocycles. The number of aliphatic imine (C=N–C) groups is 1. The smallest absolute Gasteiger partial charge is 0.293 e. The lowest BCUT2D eigenvalue weighted by Crippen LogP contribution is -2.42. The van der Waals surface area contributed by atoms with Crippen molar-refractivity contribution in [1.29, 1.82) is 10.5 Å². The molecule has 0 unspecified atom stereocenters. The van der Waals surface area contributed by atoms with Crippen molar-refractivity contribution in [2.45, 2.75) is 50.5 Å². The number of rotatable bonds is 1. The Bertz CT molecular complexity index is 908. The molecule has 0 radical (unpaired) electrons. The molecular weight excluding hydrogens is 340 g/mol. The van der Waals surface area contributed by atoms with Gasteiger partial charge >= 0.3 is 0 Å². The number of hydrogen-bond donors (Lipinski definition) is 1. The van der Waals surface area contributed by atoms with E-state index in [0.717, 1.165) is 25.7 Å². The van der Waals surface area contributed by atoms with Gasteiger partial charge in [-0.25, -0.2) is 4.99 Å². The molecule has 0 aromatic heterocycles. The molecule has 6 heteroatoms. The van der Waals surface area contributed by atoms with E-state index in [1.54, 1.807) is 0 Å². The van der Waals surface area contributed by atoms with Crippen molar-refractivity contribution >= 4 is 5.84 Å². The van der Waals surface area contributed by atoms with Gasteiger partial charge in [0, 0.05) is 5.41 Å². The van der Waals surface area contributed by atoms with Gasteiger partial charge in [0.1, 0.15) is 11.3 Å². The molecule has 1 saturated heterocycles. The van der Waals surface area contributed by atoms with E-state index in [1.165, 1.54) is 5.56 Å². The molecule has 2 saturated carbocycles. The fourth-order valence-corrected chi connectivity index (χ4v) is 6.25. The van der Waals surface area contributed by atoms with Crippen molar-refractivity contribution in [3.05, 3.63) is 35.9 Å². The van der Waals surface area contributed by atoms with Gasteiger partial charge in [0.25, 0.3) is 5.91 Å². The van der Waals surface area contributed by atoms with Gasteiger partial charge in [0.05, 0.1) is 24.8 Å². The predicted molar refractivity (Wildman–Crippen MR) is 97.0 cm³/mol. The van der Waals surface area contributed by atoms with Gasteiger partial charge in [0.2, 0.25) is 0 Å². The molecule has 138 valence electrons. The Morgan fingerprint density at radius 3 is 2.41 bits per heavy atom. The summed E-state index contributed by atoms with van der Waals surface area (Å²) < 4.78 is 12.0. The third kappa shape index (κ3) is 1.57. The average Bonchev–Trinajstić information content (AvgIpc) is 2.87. The molecular formula is C21H22N4O2. The number of amidine groups is 1. The van der Waals surface area contributed by atoms with Crippen molar-refractivity contribution in [2.24, 2.45) is 27.0 Å². The van der Waals surface area contributed by atoms with Crippen LogP contribution in [-0.2, 0) is 9.47 Å². The predicted octanol–water partition coefficient (Wildman–Crippen LogP) is 2.82. The zero-order chi connectivity index (χ0) is 18.9. The summed E-state index contributed by atoms with van der Waals surface area (Å²) in [6.45, 7) is 2.24. The molecule has 1 aromatic carbocycles. The molecule has 2 N–H and O–H groups in total. The fraction of sp³-hybridized carbons (Fsp3) is 0.571. The molecule has 4 aliphatic rings. The van der Waals surface area contributed by atoms with Crippen LogP contribution in [0.3, 0.4) is 0 Å². The van der Waals surface area contributed by atoms with E-state index < -0.39 is 22.2 Å². The summed E-state index contributed by atoms with van der Waals surface area (Å²) >= 11 is 0. The summed E-state index contributed by atoms with van der Waals surface area (Å²) in [5.41, 5.74) is 4.79. The van der Waals surface area contributed by atoms with Crippen molar-refractivity contribution in [1.82, 2.24) is 0 Å². The number of fused-ring (bicyclic) bond motifs is 4. The Morgan fingerprint density at radius 2 is 1.85 bits per heavy atom. The summed E-state index contributed by atoms with van der Waals surface area (Å²) in [6.07, 6.45) is 3.13. The molecule has 6 nitrogen and oxygen atoms in total. The van der Waals surface area contributed by atoms with Crippen LogP contribution in [0.2, 0.25) is 0 Å². The van der Waals surface area contributed by atoms with Crippen LogP contribution in [-0.4, -0.2) is 24.5 Å². The van der Waals surface area contributed by atoms with E-state index in [0.29, 0.717) is 12.5 Å². The third-order valence-electron chi connectivity index (χ3n) is 7.38. The lowest BCUT2D eigenvalue weighted by atomic mass is 9.71. The maximum atomic E-state index is 10.3. The Balaban J connectivity index is 1.54. The molecule has 3 fully saturated rings. The normalized spacial score (nSPS) is 47.3. The minimum Gasteiger partial charge on any atom is -0.386 e. The highest BCUT2D eigenvalue weighted by Gasteiger charge is 3.00. The van der Waals surface area contributed by atoms with Crippen molar-refractivity contribution in [2.75, 3.05) is 6.61 Å². The minimum atomic E-state index is -1.43. The van der Waals surface area contributed by atoms with E-state index in [4.69, 9.17) is 15.2 Å². The highest BCUT2D eigenvalue weighted by atomic mass is 16.8. The number of benzene rings is 1. The van der Waals surface area contributed by atoms with Gasteiger partial charge in [-0.05, 0) is 44.1 Å². The largest absolute Gasteiger partial charge is 0.386 e. The summed E-state index contributed by atoms with van der Waals surface area (Å²) in [6, 6.07) is 15.3. The van der Waals surface area contributed by atoms with Crippen LogP contribution in [0.5, 0.6) is 0 Å². The Hall–Kier alpha value is -2.41. The molecule has 2 aliphatic carbocycles. The van der Waals surface area contributed by atoms with Gasteiger partial charge in [-0.3, -0.25) is 0 Å². The molecule has 27 heavy (non-hydrogen) atoms. The summed E-state index contributed by atoms with van der Waals surface area (Å²) in [5.74, 6) is -0.789. The first-order chi connectivity index (χ1) is 13.0. The third-order valence-corrected chi connectivity index (χ3v) is 7.38. The van der Waals surface area contributed by atoms with Crippen LogP contribution in [0, 0.1) is 38.9 Å². The van der Waals surface area contributed by atoms with Crippen LogP contribution in [0.25, 0.3) is 0 Å². The van der Waals surface area contributed by atoms with Crippen molar-refractivity contribution in [3.63, 3.8) is 0 Å². The fourth-order valence-electron chi connectivity index (χ4n) is 6.25. The maximum Gasteiger partial charge on any atom is 0.293 e. The van der Waals surface area contributed by atoms with Gasteiger partial charge in [-0.15, -0.1) is 0 Å². The Kier molecular flexibility index (Phi) is 3.16. The standard InChI is InChI=1S/C21H22N4O2/c1-14-11-26-21(27-14)20(13-23)18(19(20,12-22)17(24)25-21)9-7-16(8-10-18)15-5-3-2-4-6-15/h2-6,14,16H,7-11H2,1H3,(H2,24,25)/t14-,16?,18?,19+,20-,21-/m1/s1. The highest BCUT2D eigenvalue weighted by molar-refractivity contribution is 6.00. The Labute approximate surface area is 158 Å². The second-order valence-electron chi connectivity index (χ2n) is 8.31. The zero-order valence-corrected chi connectivity index (χ0v) is 15.3. The van der Waals surface area contributed by atoms with E-state index in [2.05, 4.69) is 41.4 Å². The molecule has 4 atom stereocenters. The molecule has 2 spiro atoms. The Morgan fingerprint density at radius 1 is 1.15 bits per heavy atom. The highest BCUT2D eigenvalue weighted by Crippen LogP contribution is 2.89. The quantitative estimate of drug-likeness (QED) is 0.827. The molecule has 2 heterocycles. The van der Waals surface area contributed by atoms with E-state index in [-0.39, 0.29) is 11.9 Å². The lowest BCUT2D eigenvalue weighted by Gasteiger charge is -2.36. The zero-order valence-electron chi connectivity index (χ0n) is 15.3. The molecule has 0 bridgehead atoms. The van der Waals surface area contributed by atoms with E-state index in [1.807, 2.05) is 13.0 Å². The first kappa shape index (κ1) is 16.7. The van der Waals surface area contributed by atoms with Gasteiger partial charge in [-0.2, -0.15) is 10.5 Å². The maximum absolute atomic E-state index is 10.3. The first-order valence-corrected chi connectivity index (χ1v) is 9.57. The summed E-state index contributed by atoms with van der Waals surface area (Å²) in [7, 11) is 0. The number of nitriles is 2. The van der Waals surface area contributed by atoms with Crippen LogP contribution >= 0.6 is 0 Å². The number of hydrogen-bond acceptors (Lipinski definition) is 6. The van der Waals surface area contributed by atoms with Crippen LogP contribution in [0.4, 0.5) is 0 Å². The molecule has 1 aromatic rings. The van der Waals surface area contributed by atoms with Crippen LogP contribution in [0.1, 0.15) is 44.1 Å². The monoisotopic (exact) mass is 362 g/mol. The second kappa shape index (κ2) is 5.10. The molecule has 0 amide bonds. The second-order valence-corrected chi connectivity index (χ2v) is 8.31.